The Morgan fingerprint density at radius 2 is 2.28 bits per heavy atom. The minimum absolute atomic E-state index is 0.0704. The second-order valence-corrected chi connectivity index (χ2v) is 4.60. The van der Waals surface area contributed by atoms with Crippen LogP contribution in [0.4, 0.5) is 5.69 Å². The maximum atomic E-state index is 10.7. The highest BCUT2D eigenvalue weighted by molar-refractivity contribution is 6.32. The van der Waals surface area contributed by atoms with Crippen molar-refractivity contribution in [1.29, 1.82) is 0 Å². The van der Waals surface area contributed by atoms with Gasteiger partial charge in [0.15, 0.2) is 0 Å². The van der Waals surface area contributed by atoms with Crippen molar-refractivity contribution in [3.8, 4) is 0 Å². The predicted octanol–water partition coefficient (Wildman–Crippen LogP) is 2.50. The van der Waals surface area contributed by atoms with Crippen molar-refractivity contribution in [2.45, 2.75) is 32.4 Å². The number of aliphatic hydroxyl groups excluding tert-OH is 1. The molecule has 1 atom stereocenters. The molecule has 100 valence electrons. The van der Waals surface area contributed by atoms with Crippen molar-refractivity contribution in [2.24, 2.45) is 0 Å². The Bertz CT molecular complexity index is 412. The summed E-state index contributed by atoms with van der Waals surface area (Å²) in [5, 5.41) is 22.8. The van der Waals surface area contributed by atoms with E-state index in [-0.39, 0.29) is 23.4 Å². The van der Waals surface area contributed by atoms with Crippen LogP contribution in [-0.2, 0) is 6.54 Å². The number of nitro benzene ring substituents is 1. The predicted molar refractivity (Wildman–Crippen MR) is 70.7 cm³/mol. The molecule has 0 heterocycles. The molecule has 0 amide bonds. The SMILES string of the molecule is CC(CCCO)NCc1ccc(Cl)c([N+](=O)[O-])c1. The summed E-state index contributed by atoms with van der Waals surface area (Å²) in [6.45, 7) is 2.74. The first-order valence-corrected chi connectivity index (χ1v) is 6.19. The lowest BCUT2D eigenvalue weighted by Crippen LogP contribution is -2.25. The van der Waals surface area contributed by atoms with Gasteiger partial charge in [0.2, 0.25) is 0 Å². The van der Waals surface area contributed by atoms with Crippen LogP contribution in [0, 0.1) is 10.1 Å². The lowest BCUT2D eigenvalue weighted by atomic mass is 10.1. The van der Waals surface area contributed by atoms with Crippen LogP contribution in [0.2, 0.25) is 5.02 Å². The zero-order chi connectivity index (χ0) is 13.5. The maximum absolute atomic E-state index is 10.7. The fourth-order valence-electron chi connectivity index (χ4n) is 1.60. The molecule has 2 N–H and O–H groups in total. The van der Waals surface area contributed by atoms with E-state index in [0.717, 1.165) is 18.4 Å². The van der Waals surface area contributed by atoms with Crippen molar-refractivity contribution < 1.29 is 10.0 Å². The number of nitrogens with zero attached hydrogens (tertiary/aromatic N) is 1. The van der Waals surface area contributed by atoms with E-state index in [1.54, 1.807) is 6.07 Å². The second kappa shape index (κ2) is 7.31. The second-order valence-electron chi connectivity index (χ2n) is 4.19. The van der Waals surface area contributed by atoms with E-state index in [2.05, 4.69) is 5.32 Å². The van der Waals surface area contributed by atoms with E-state index in [4.69, 9.17) is 16.7 Å². The molecule has 0 spiro atoms. The van der Waals surface area contributed by atoms with E-state index in [1.807, 2.05) is 6.92 Å². The molecule has 0 aliphatic rings. The van der Waals surface area contributed by atoms with Crippen molar-refractivity contribution in [2.75, 3.05) is 6.61 Å². The van der Waals surface area contributed by atoms with Crippen molar-refractivity contribution in [3.05, 3.63) is 38.9 Å². The van der Waals surface area contributed by atoms with Gasteiger partial charge in [0.05, 0.1) is 4.92 Å². The summed E-state index contributed by atoms with van der Waals surface area (Å²) in [5.74, 6) is 0. The maximum Gasteiger partial charge on any atom is 0.288 e. The summed E-state index contributed by atoms with van der Waals surface area (Å²) in [4.78, 5) is 10.2. The highest BCUT2D eigenvalue weighted by atomic mass is 35.5. The van der Waals surface area contributed by atoms with Crippen LogP contribution in [0.15, 0.2) is 18.2 Å². The Hall–Kier alpha value is -1.17. The molecule has 6 heteroatoms. The third kappa shape index (κ3) is 4.60. The summed E-state index contributed by atoms with van der Waals surface area (Å²) in [7, 11) is 0. The number of hydrogen-bond acceptors (Lipinski definition) is 4. The average molecular weight is 273 g/mol. The molecule has 0 saturated heterocycles. The Morgan fingerprint density at radius 3 is 2.89 bits per heavy atom. The van der Waals surface area contributed by atoms with Crippen LogP contribution in [0.3, 0.4) is 0 Å². The van der Waals surface area contributed by atoms with E-state index < -0.39 is 4.92 Å². The lowest BCUT2D eigenvalue weighted by molar-refractivity contribution is -0.384. The van der Waals surface area contributed by atoms with E-state index in [9.17, 15) is 10.1 Å². The monoisotopic (exact) mass is 272 g/mol. The van der Waals surface area contributed by atoms with Crippen molar-refractivity contribution >= 4 is 17.3 Å². The normalized spacial score (nSPS) is 12.4. The Kier molecular flexibility index (Phi) is 6.04. The third-order valence-corrected chi connectivity index (χ3v) is 2.98. The molecule has 0 fully saturated rings. The first-order valence-electron chi connectivity index (χ1n) is 5.81. The molecular weight excluding hydrogens is 256 g/mol. The number of aliphatic hydroxyl groups is 1. The van der Waals surface area contributed by atoms with Gasteiger partial charge in [-0.25, -0.2) is 0 Å². The molecular formula is C12H17ClN2O3. The molecule has 18 heavy (non-hydrogen) atoms. The number of nitrogens with one attached hydrogen (secondary N) is 1. The molecule has 1 unspecified atom stereocenters. The minimum atomic E-state index is -0.485. The fourth-order valence-corrected chi connectivity index (χ4v) is 1.79. The molecule has 1 aromatic carbocycles. The van der Waals surface area contributed by atoms with Crippen molar-refractivity contribution in [3.63, 3.8) is 0 Å². The topological polar surface area (TPSA) is 75.4 Å². The van der Waals surface area contributed by atoms with Gasteiger partial charge in [0.25, 0.3) is 5.69 Å². The van der Waals surface area contributed by atoms with Gasteiger partial charge in [-0.2, -0.15) is 0 Å². The van der Waals surface area contributed by atoms with Gasteiger partial charge in [-0.05, 0) is 31.4 Å². The van der Waals surface area contributed by atoms with Crippen molar-refractivity contribution in [1.82, 2.24) is 5.32 Å². The number of hydrogen-bond donors (Lipinski definition) is 2. The molecule has 1 rings (SSSR count). The summed E-state index contributed by atoms with van der Waals surface area (Å²) in [6, 6.07) is 5.04. The minimum Gasteiger partial charge on any atom is -0.396 e. The first kappa shape index (κ1) is 14.9. The highest BCUT2D eigenvalue weighted by Crippen LogP contribution is 2.24. The van der Waals surface area contributed by atoms with Gasteiger partial charge in [0.1, 0.15) is 5.02 Å². The molecule has 0 bridgehead atoms. The quantitative estimate of drug-likeness (QED) is 0.591. The standard InChI is InChI=1S/C12H17ClN2O3/c1-9(3-2-6-16)14-8-10-4-5-11(13)12(7-10)15(17)18/h4-5,7,9,14,16H,2-3,6,8H2,1H3. The number of halogens is 1. The molecule has 0 aromatic heterocycles. The summed E-state index contributed by atoms with van der Waals surface area (Å²) in [5.41, 5.74) is 0.751. The van der Waals surface area contributed by atoms with Gasteiger partial charge < -0.3 is 10.4 Å². The largest absolute Gasteiger partial charge is 0.396 e. The molecule has 5 nitrogen and oxygen atoms in total. The summed E-state index contributed by atoms with van der Waals surface area (Å²) in [6.07, 6.45) is 1.61. The molecule has 0 aliphatic carbocycles. The van der Waals surface area contributed by atoms with Gasteiger partial charge in [-0.1, -0.05) is 17.7 Å². The van der Waals surface area contributed by atoms with Crippen LogP contribution < -0.4 is 5.32 Å². The Labute approximate surface area is 111 Å². The lowest BCUT2D eigenvalue weighted by Gasteiger charge is -2.13. The average Bonchev–Trinajstić information content (AvgIpc) is 2.35. The van der Waals surface area contributed by atoms with Crippen LogP contribution in [-0.4, -0.2) is 22.7 Å². The number of rotatable bonds is 7. The Balaban J connectivity index is 2.57. The van der Waals surface area contributed by atoms with Gasteiger partial charge in [0, 0.05) is 25.3 Å². The number of nitro groups is 1. The zero-order valence-electron chi connectivity index (χ0n) is 10.2. The van der Waals surface area contributed by atoms with Gasteiger partial charge in [-0.3, -0.25) is 10.1 Å². The third-order valence-electron chi connectivity index (χ3n) is 2.66. The Morgan fingerprint density at radius 1 is 1.56 bits per heavy atom. The molecule has 0 radical (unpaired) electrons. The van der Waals surface area contributed by atoms with Crippen LogP contribution in [0.25, 0.3) is 0 Å². The smallest absolute Gasteiger partial charge is 0.288 e. The molecule has 0 saturated carbocycles. The van der Waals surface area contributed by atoms with E-state index in [1.165, 1.54) is 12.1 Å². The van der Waals surface area contributed by atoms with E-state index >= 15 is 0 Å². The first-order chi connectivity index (χ1) is 8.54. The van der Waals surface area contributed by atoms with Crippen LogP contribution in [0.5, 0.6) is 0 Å². The molecule has 1 aromatic rings. The van der Waals surface area contributed by atoms with E-state index in [0.29, 0.717) is 6.54 Å². The summed E-state index contributed by atoms with van der Waals surface area (Å²) < 4.78 is 0. The zero-order valence-corrected chi connectivity index (χ0v) is 11.0. The van der Waals surface area contributed by atoms with Gasteiger partial charge >= 0.3 is 0 Å². The van der Waals surface area contributed by atoms with Crippen LogP contribution >= 0.6 is 11.6 Å². The fraction of sp³-hybridized carbons (Fsp3) is 0.500. The van der Waals surface area contributed by atoms with Gasteiger partial charge in [-0.15, -0.1) is 0 Å². The highest BCUT2D eigenvalue weighted by Gasteiger charge is 2.12. The molecule has 0 aliphatic heterocycles. The van der Waals surface area contributed by atoms with Crippen LogP contribution in [0.1, 0.15) is 25.3 Å². The summed E-state index contributed by atoms with van der Waals surface area (Å²) >= 11 is 5.73. The number of benzene rings is 1.